The van der Waals surface area contributed by atoms with Crippen LogP contribution < -0.4 is 4.87 Å². The first-order valence-electron chi connectivity index (χ1n) is 6.17. The molecule has 0 fully saturated rings. The lowest BCUT2D eigenvalue weighted by molar-refractivity contribution is -0.137. The molecule has 1 aromatic carbocycles. The van der Waals surface area contributed by atoms with Gasteiger partial charge in [0.25, 0.3) is 0 Å². The summed E-state index contributed by atoms with van der Waals surface area (Å²) < 4.78 is 14.8. The van der Waals surface area contributed by atoms with Gasteiger partial charge in [-0.25, -0.2) is 4.39 Å². The lowest BCUT2D eigenvalue weighted by Crippen LogP contribution is -2.15. The van der Waals surface area contributed by atoms with E-state index in [9.17, 15) is 14.0 Å². The molecule has 20 heavy (non-hydrogen) atoms. The van der Waals surface area contributed by atoms with Crippen molar-refractivity contribution < 1.29 is 14.3 Å². The standard InChI is InChI=1S/C14H14FNO3S/c1-9-13(10-4-2-5-11(15)8-10)16(14(19)20-9)7-3-6-12(17)18/h2,4-5,8H,3,6-7H2,1H3,(H,17,18). The fourth-order valence-corrected chi connectivity index (χ4v) is 2.98. The van der Waals surface area contributed by atoms with Gasteiger partial charge in [-0.15, -0.1) is 0 Å². The fraction of sp³-hybridized carbons (Fsp3) is 0.286. The number of hydrogen-bond donors (Lipinski definition) is 1. The van der Waals surface area contributed by atoms with Crippen LogP contribution >= 0.6 is 11.3 Å². The van der Waals surface area contributed by atoms with Gasteiger partial charge in [0.05, 0.1) is 5.69 Å². The van der Waals surface area contributed by atoms with Crippen LogP contribution in [0, 0.1) is 12.7 Å². The number of aryl methyl sites for hydroxylation is 1. The second kappa shape index (κ2) is 6.00. The van der Waals surface area contributed by atoms with Crippen LogP contribution in [0.2, 0.25) is 0 Å². The Morgan fingerprint density at radius 3 is 2.85 bits per heavy atom. The van der Waals surface area contributed by atoms with Crippen LogP contribution in [-0.4, -0.2) is 15.6 Å². The number of thiazole rings is 1. The fourth-order valence-electron chi connectivity index (χ4n) is 2.10. The molecule has 0 radical (unpaired) electrons. The Kier molecular flexibility index (Phi) is 4.34. The topological polar surface area (TPSA) is 59.3 Å². The summed E-state index contributed by atoms with van der Waals surface area (Å²) in [6, 6.07) is 6.05. The van der Waals surface area contributed by atoms with Crippen molar-refractivity contribution in [2.45, 2.75) is 26.3 Å². The molecule has 0 saturated carbocycles. The summed E-state index contributed by atoms with van der Waals surface area (Å²) in [6.07, 6.45) is 0.373. The van der Waals surface area contributed by atoms with E-state index in [0.29, 0.717) is 24.2 Å². The zero-order valence-electron chi connectivity index (χ0n) is 10.9. The van der Waals surface area contributed by atoms with Crippen LogP contribution in [0.1, 0.15) is 17.7 Å². The first kappa shape index (κ1) is 14.5. The molecule has 0 aliphatic heterocycles. The number of benzene rings is 1. The maximum absolute atomic E-state index is 13.3. The lowest BCUT2D eigenvalue weighted by Gasteiger charge is -2.08. The molecule has 1 N–H and O–H groups in total. The largest absolute Gasteiger partial charge is 0.481 e. The van der Waals surface area contributed by atoms with E-state index >= 15 is 0 Å². The monoisotopic (exact) mass is 295 g/mol. The molecule has 4 nitrogen and oxygen atoms in total. The molecule has 0 amide bonds. The van der Waals surface area contributed by atoms with Gasteiger partial charge in [-0.1, -0.05) is 23.5 Å². The van der Waals surface area contributed by atoms with Crippen molar-refractivity contribution in [3.63, 3.8) is 0 Å². The molecular weight excluding hydrogens is 281 g/mol. The van der Waals surface area contributed by atoms with Crippen molar-refractivity contribution in [1.29, 1.82) is 0 Å². The van der Waals surface area contributed by atoms with Crippen molar-refractivity contribution in [1.82, 2.24) is 4.57 Å². The molecule has 0 unspecified atom stereocenters. The second-order valence-corrected chi connectivity index (χ2v) is 5.60. The van der Waals surface area contributed by atoms with Gasteiger partial charge in [0.1, 0.15) is 5.82 Å². The number of halogens is 1. The first-order valence-corrected chi connectivity index (χ1v) is 6.98. The SMILES string of the molecule is Cc1sc(=O)n(CCCC(=O)O)c1-c1cccc(F)c1. The number of nitrogens with zero attached hydrogens (tertiary/aromatic N) is 1. The average Bonchev–Trinajstić information content (AvgIpc) is 2.64. The summed E-state index contributed by atoms with van der Waals surface area (Å²) in [6.45, 7) is 2.13. The van der Waals surface area contributed by atoms with E-state index in [1.807, 2.05) is 0 Å². The third kappa shape index (κ3) is 3.14. The predicted molar refractivity (Wildman–Crippen MR) is 75.6 cm³/mol. The molecule has 2 aromatic rings. The van der Waals surface area contributed by atoms with E-state index in [1.165, 1.54) is 16.7 Å². The maximum atomic E-state index is 13.3. The smallest absolute Gasteiger partial charge is 0.307 e. The van der Waals surface area contributed by atoms with Crippen LogP contribution in [0.4, 0.5) is 4.39 Å². The second-order valence-electron chi connectivity index (χ2n) is 4.43. The van der Waals surface area contributed by atoms with E-state index in [-0.39, 0.29) is 17.1 Å². The molecule has 0 saturated heterocycles. The third-order valence-electron chi connectivity index (χ3n) is 2.93. The van der Waals surface area contributed by atoms with Gasteiger partial charge < -0.3 is 5.11 Å². The van der Waals surface area contributed by atoms with Crippen LogP contribution in [0.15, 0.2) is 29.1 Å². The Labute approximate surface area is 119 Å². The van der Waals surface area contributed by atoms with Gasteiger partial charge in [-0.3, -0.25) is 14.2 Å². The van der Waals surface area contributed by atoms with Gasteiger partial charge in [0.2, 0.25) is 0 Å². The molecule has 0 aliphatic carbocycles. The molecule has 0 bridgehead atoms. The Balaban J connectivity index is 2.37. The summed E-state index contributed by atoms with van der Waals surface area (Å²) in [5.74, 6) is -1.25. The van der Waals surface area contributed by atoms with Crippen molar-refractivity contribution in [3.05, 3.63) is 44.6 Å². The van der Waals surface area contributed by atoms with Crippen molar-refractivity contribution in [3.8, 4) is 11.3 Å². The number of aliphatic carboxylic acids is 1. The summed E-state index contributed by atoms with van der Waals surface area (Å²) in [4.78, 5) is 23.1. The van der Waals surface area contributed by atoms with Gasteiger partial charge in [-0.2, -0.15) is 0 Å². The Bertz CT molecular complexity index is 690. The highest BCUT2D eigenvalue weighted by Gasteiger charge is 2.14. The number of carbonyl (C=O) groups is 1. The van der Waals surface area contributed by atoms with Crippen LogP contribution in [0.25, 0.3) is 11.3 Å². The van der Waals surface area contributed by atoms with E-state index in [1.54, 1.807) is 19.1 Å². The van der Waals surface area contributed by atoms with E-state index in [2.05, 4.69) is 0 Å². The molecule has 0 atom stereocenters. The van der Waals surface area contributed by atoms with Crippen LogP contribution in [0.5, 0.6) is 0 Å². The molecule has 6 heteroatoms. The summed E-state index contributed by atoms with van der Waals surface area (Å²) in [5, 5.41) is 8.65. The maximum Gasteiger partial charge on any atom is 0.307 e. The third-order valence-corrected chi connectivity index (χ3v) is 3.83. The van der Waals surface area contributed by atoms with Crippen LogP contribution in [-0.2, 0) is 11.3 Å². The molecule has 0 aliphatic rings. The summed E-state index contributed by atoms with van der Waals surface area (Å²) in [5.41, 5.74) is 1.31. The highest BCUT2D eigenvalue weighted by Crippen LogP contribution is 2.26. The Morgan fingerprint density at radius 2 is 2.20 bits per heavy atom. The molecule has 1 aromatic heterocycles. The minimum Gasteiger partial charge on any atom is -0.481 e. The van der Waals surface area contributed by atoms with Crippen molar-refractivity contribution >= 4 is 17.3 Å². The Morgan fingerprint density at radius 1 is 1.45 bits per heavy atom. The van der Waals surface area contributed by atoms with Crippen LogP contribution in [0.3, 0.4) is 0 Å². The summed E-state index contributed by atoms with van der Waals surface area (Å²) in [7, 11) is 0. The predicted octanol–water partition coefficient (Wildman–Crippen LogP) is 2.89. The Hall–Kier alpha value is -1.95. The molecule has 106 valence electrons. The number of carboxylic acid groups (broad SMARTS) is 1. The quantitative estimate of drug-likeness (QED) is 0.922. The molecule has 1 heterocycles. The van der Waals surface area contributed by atoms with Gasteiger partial charge in [-0.05, 0) is 25.5 Å². The highest BCUT2D eigenvalue weighted by molar-refractivity contribution is 7.09. The normalized spacial score (nSPS) is 10.7. The van der Waals surface area contributed by atoms with E-state index in [4.69, 9.17) is 5.11 Å². The molecular formula is C14H14FNO3S. The lowest BCUT2D eigenvalue weighted by atomic mass is 10.1. The van der Waals surface area contributed by atoms with Gasteiger partial charge in [0.15, 0.2) is 0 Å². The van der Waals surface area contributed by atoms with E-state index < -0.39 is 5.97 Å². The number of rotatable bonds is 5. The van der Waals surface area contributed by atoms with Gasteiger partial charge in [0, 0.05) is 23.4 Å². The number of aromatic nitrogens is 1. The number of carboxylic acids is 1. The van der Waals surface area contributed by atoms with Crippen molar-refractivity contribution in [2.24, 2.45) is 0 Å². The van der Waals surface area contributed by atoms with Gasteiger partial charge >= 0.3 is 10.8 Å². The minimum atomic E-state index is -0.891. The average molecular weight is 295 g/mol. The molecule has 2 rings (SSSR count). The zero-order chi connectivity index (χ0) is 14.7. The first-order chi connectivity index (χ1) is 9.49. The highest BCUT2D eigenvalue weighted by atomic mass is 32.1. The van der Waals surface area contributed by atoms with E-state index in [0.717, 1.165) is 16.2 Å². The zero-order valence-corrected chi connectivity index (χ0v) is 11.7. The van der Waals surface area contributed by atoms with Crippen molar-refractivity contribution in [2.75, 3.05) is 0 Å². The number of hydrogen-bond acceptors (Lipinski definition) is 3. The molecule has 0 spiro atoms. The minimum absolute atomic E-state index is 0.00389. The summed E-state index contributed by atoms with van der Waals surface area (Å²) >= 11 is 1.09.